The van der Waals surface area contributed by atoms with Gasteiger partial charge in [0.1, 0.15) is 10.6 Å². The predicted molar refractivity (Wildman–Crippen MR) is 71.7 cm³/mol. The summed E-state index contributed by atoms with van der Waals surface area (Å²) >= 11 is 0. The van der Waals surface area contributed by atoms with Crippen LogP contribution in [0.2, 0.25) is 0 Å². The second-order valence-electron chi connectivity index (χ2n) is 4.48. The molecule has 1 aromatic rings. The molecule has 0 saturated carbocycles. The number of methoxy groups -OCH3 is 1. The lowest BCUT2D eigenvalue weighted by atomic mass is 10.3. The molecular weight excluding hydrogens is 290 g/mol. The average molecular weight is 305 g/mol. The van der Waals surface area contributed by atoms with E-state index >= 15 is 0 Å². The first-order valence-electron chi connectivity index (χ1n) is 5.64. The second-order valence-corrected chi connectivity index (χ2v) is 8.91. The Morgan fingerprint density at radius 2 is 2.05 bits per heavy atom. The molecule has 1 aliphatic rings. The third kappa shape index (κ3) is 2.69. The zero-order valence-corrected chi connectivity index (χ0v) is 12.0. The van der Waals surface area contributed by atoms with E-state index in [-0.39, 0.29) is 28.6 Å². The molecule has 1 atom stereocenters. The van der Waals surface area contributed by atoms with Crippen molar-refractivity contribution in [2.45, 2.75) is 16.6 Å². The first kappa shape index (κ1) is 14.1. The van der Waals surface area contributed by atoms with Crippen molar-refractivity contribution in [3.8, 4) is 5.75 Å². The van der Waals surface area contributed by atoms with Gasteiger partial charge in [-0.25, -0.2) is 16.8 Å². The lowest BCUT2D eigenvalue weighted by molar-refractivity contribution is 0.402. The highest BCUT2D eigenvalue weighted by atomic mass is 32.2. The van der Waals surface area contributed by atoms with E-state index in [2.05, 4.69) is 0 Å². The Kier molecular flexibility index (Phi) is 3.48. The molecular formula is C11H15NO5S2. The van der Waals surface area contributed by atoms with E-state index in [0.717, 1.165) is 0 Å². The Morgan fingerprint density at radius 3 is 2.58 bits per heavy atom. The zero-order valence-electron chi connectivity index (χ0n) is 10.4. The van der Waals surface area contributed by atoms with Gasteiger partial charge in [0, 0.05) is 11.8 Å². The van der Waals surface area contributed by atoms with Crippen LogP contribution >= 0.6 is 0 Å². The molecule has 0 bridgehead atoms. The molecule has 0 aliphatic carbocycles. The van der Waals surface area contributed by atoms with Crippen molar-refractivity contribution in [2.75, 3.05) is 24.3 Å². The van der Waals surface area contributed by atoms with Gasteiger partial charge in [-0.15, -0.1) is 0 Å². The summed E-state index contributed by atoms with van der Waals surface area (Å²) in [4.78, 5) is -0.00806. The fourth-order valence-electron chi connectivity index (χ4n) is 2.10. The van der Waals surface area contributed by atoms with Gasteiger partial charge in [0.2, 0.25) is 0 Å². The molecule has 8 heteroatoms. The van der Waals surface area contributed by atoms with Gasteiger partial charge >= 0.3 is 0 Å². The fourth-order valence-corrected chi connectivity index (χ4v) is 6.60. The van der Waals surface area contributed by atoms with Gasteiger partial charge in [-0.05, 0) is 18.6 Å². The predicted octanol–water partition coefficient (Wildman–Crippen LogP) is 0.238. The summed E-state index contributed by atoms with van der Waals surface area (Å²) in [7, 11) is -5.64. The number of nitrogen functional groups attached to an aromatic ring is 1. The van der Waals surface area contributed by atoms with Crippen LogP contribution < -0.4 is 10.5 Å². The molecule has 0 spiro atoms. The Morgan fingerprint density at radius 1 is 1.37 bits per heavy atom. The first-order chi connectivity index (χ1) is 8.76. The SMILES string of the molecule is COc1cc(N)ccc1S(=O)(=O)C1CCS(=O)(=O)C1. The summed E-state index contributed by atoms with van der Waals surface area (Å²) in [5, 5.41) is -0.907. The summed E-state index contributed by atoms with van der Waals surface area (Å²) in [6, 6.07) is 4.23. The highest BCUT2D eigenvalue weighted by Gasteiger charge is 2.39. The summed E-state index contributed by atoms with van der Waals surface area (Å²) in [5.41, 5.74) is 5.96. The standard InChI is InChI=1S/C11H15NO5S2/c1-17-10-6-8(12)2-3-11(10)19(15,16)9-4-5-18(13,14)7-9/h2-3,6,9H,4-5,7,12H2,1H3. The molecule has 0 aromatic heterocycles. The van der Waals surface area contributed by atoms with Crippen LogP contribution in [0.4, 0.5) is 5.69 Å². The number of rotatable bonds is 3. The minimum absolute atomic E-state index is 0.00806. The number of nitrogens with two attached hydrogens (primary N) is 1. The van der Waals surface area contributed by atoms with Gasteiger partial charge in [-0.1, -0.05) is 0 Å². The van der Waals surface area contributed by atoms with Crippen LogP contribution in [-0.4, -0.2) is 40.7 Å². The minimum atomic E-state index is -3.73. The molecule has 0 amide bonds. The van der Waals surface area contributed by atoms with Gasteiger partial charge in [-0.2, -0.15) is 0 Å². The summed E-state index contributed by atoms with van der Waals surface area (Å²) < 4.78 is 52.7. The number of anilines is 1. The molecule has 2 rings (SSSR count). The maximum atomic E-state index is 12.4. The normalized spacial score (nSPS) is 22.3. The summed E-state index contributed by atoms with van der Waals surface area (Å²) in [6.45, 7) is 0. The van der Waals surface area contributed by atoms with Crippen molar-refractivity contribution >= 4 is 25.4 Å². The molecule has 1 fully saturated rings. The maximum absolute atomic E-state index is 12.4. The topological polar surface area (TPSA) is 104 Å². The third-order valence-corrected chi connectivity index (χ3v) is 7.33. The van der Waals surface area contributed by atoms with Crippen LogP contribution in [0.1, 0.15) is 6.42 Å². The molecule has 106 valence electrons. The quantitative estimate of drug-likeness (QED) is 0.802. The van der Waals surface area contributed by atoms with E-state index in [1.807, 2.05) is 0 Å². The van der Waals surface area contributed by atoms with E-state index in [1.54, 1.807) is 0 Å². The van der Waals surface area contributed by atoms with Crippen LogP contribution in [0.25, 0.3) is 0 Å². The van der Waals surface area contributed by atoms with E-state index in [9.17, 15) is 16.8 Å². The molecule has 6 nitrogen and oxygen atoms in total. The monoisotopic (exact) mass is 305 g/mol. The minimum Gasteiger partial charge on any atom is -0.495 e. The lowest BCUT2D eigenvalue weighted by Crippen LogP contribution is -2.23. The first-order valence-corrected chi connectivity index (χ1v) is 9.01. The highest BCUT2D eigenvalue weighted by Crippen LogP contribution is 2.32. The fraction of sp³-hybridized carbons (Fsp3) is 0.455. The Labute approximate surface area is 112 Å². The molecule has 1 aromatic carbocycles. The lowest BCUT2D eigenvalue weighted by Gasteiger charge is -2.13. The van der Waals surface area contributed by atoms with E-state index in [0.29, 0.717) is 5.69 Å². The van der Waals surface area contributed by atoms with Crippen molar-refractivity contribution in [3.05, 3.63) is 18.2 Å². The van der Waals surface area contributed by atoms with Gasteiger partial charge in [0.25, 0.3) is 0 Å². The van der Waals surface area contributed by atoms with Crippen LogP contribution in [0.15, 0.2) is 23.1 Å². The molecule has 0 radical (unpaired) electrons. The second kappa shape index (κ2) is 4.68. The van der Waals surface area contributed by atoms with Gasteiger partial charge in [0.05, 0.1) is 23.9 Å². The van der Waals surface area contributed by atoms with Crippen LogP contribution in [0, 0.1) is 0 Å². The third-order valence-electron chi connectivity index (χ3n) is 3.12. The zero-order chi connectivity index (χ0) is 14.3. The number of sulfone groups is 2. The number of hydrogen-bond donors (Lipinski definition) is 1. The van der Waals surface area contributed by atoms with Crippen molar-refractivity contribution in [1.82, 2.24) is 0 Å². The van der Waals surface area contributed by atoms with Crippen molar-refractivity contribution in [3.63, 3.8) is 0 Å². The summed E-state index contributed by atoms with van der Waals surface area (Å²) in [6.07, 6.45) is 0.123. The smallest absolute Gasteiger partial charge is 0.185 e. The number of hydrogen-bond acceptors (Lipinski definition) is 6. The van der Waals surface area contributed by atoms with Crippen molar-refractivity contribution in [1.29, 1.82) is 0 Å². The molecule has 19 heavy (non-hydrogen) atoms. The Balaban J connectivity index is 2.46. The molecule has 1 heterocycles. The van der Waals surface area contributed by atoms with Crippen LogP contribution in [0.5, 0.6) is 5.75 Å². The van der Waals surface area contributed by atoms with E-state index < -0.39 is 24.9 Å². The molecule has 1 saturated heterocycles. The van der Waals surface area contributed by atoms with Crippen molar-refractivity contribution < 1.29 is 21.6 Å². The van der Waals surface area contributed by atoms with Gasteiger partial charge in [0.15, 0.2) is 19.7 Å². The van der Waals surface area contributed by atoms with Gasteiger partial charge < -0.3 is 10.5 Å². The van der Waals surface area contributed by atoms with Crippen LogP contribution in [-0.2, 0) is 19.7 Å². The number of benzene rings is 1. The van der Waals surface area contributed by atoms with E-state index in [4.69, 9.17) is 10.5 Å². The highest BCUT2D eigenvalue weighted by molar-refractivity contribution is 7.96. The summed E-state index contributed by atoms with van der Waals surface area (Å²) in [5.74, 6) is -0.277. The molecule has 1 aliphatic heterocycles. The Hall–Kier alpha value is -1.28. The Bertz CT molecular complexity index is 694. The molecule has 2 N–H and O–H groups in total. The van der Waals surface area contributed by atoms with Crippen LogP contribution in [0.3, 0.4) is 0 Å². The van der Waals surface area contributed by atoms with Gasteiger partial charge in [-0.3, -0.25) is 0 Å². The molecule has 1 unspecified atom stereocenters. The largest absolute Gasteiger partial charge is 0.495 e. The number of ether oxygens (including phenoxy) is 1. The average Bonchev–Trinajstić information content (AvgIpc) is 2.69. The maximum Gasteiger partial charge on any atom is 0.185 e. The van der Waals surface area contributed by atoms with E-state index in [1.165, 1.54) is 25.3 Å². The van der Waals surface area contributed by atoms with Crippen molar-refractivity contribution in [2.24, 2.45) is 0 Å².